The topological polar surface area (TPSA) is 117 Å². The number of allylic oxidation sites excluding steroid dienone is 4. The fourth-order valence-electron chi connectivity index (χ4n) is 7.64. The lowest BCUT2D eigenvalue weighted by Crippen LogP contribution is -2.41. The quantitative estimate of drug-likeness (QED) is 0.201. The van der Waals surface area contributed by atoms with Gasteiger partial charge in [-0.15, -0.1) is 11.6 Å². The second-order valence-corrected chi connectivity index (χ2v) is 14.2. The van der Waals surface area contributed by atoms with Crippen LogP contribution in [0, 0.1) is 0 Å². The lowest BCUT2D eigenvalue weighted by Gasteiger charge is -2.39. The Morgan fingerprint density at radius 1 is 0.918 bits per heavy atom. The van der Waals surface area contributed by atoms with E-state index in [0.717, 1.165) is 72.4 Å². The number of methoxy groups -OCH3 is 1. The molecule has 0 saturated carbocycles. The monoisotopic (exact) mass is 700 g/mol. The lowest BCUT2D eigenvalue weighted by atomic mass is 9.70. The van der Waals surface area contributed by atoms with Crippen molar-refractivity contribution in [3.63, 3.8) is 0 Å². The number of alkyl halides is 1. The Morgan fingerprint density at radius 2 is 1.65 bits per heavy atom. The van der Waals surface area contributed by atoms with Crippen LogP contribution < -0.4 is 26.0 Å². The zero-order chi connectivity index (χ0) is 34.0. The average molecular weight is 702 g/mol. The lowest BCUT2D eigenvalue weighted by molar-refractivity contribution is -0.120. The van der Waals surface area contributed by atoms with Gasteiger partial charge < -0.3 is 26.0 Å². The molecule has 7 rings (SSSR count). The second kappa shape index (κ2) is 14.6. The van der Waals surface area contributed by atoms with Gasteiger partial charge in [-0.25, -0.2) is 4.98 Å². The van der Waals surface area contributed by atoms with Crippen molar-refractivity contribution in [2.24, 2.45) is 0 Å². The van der Waals surface area contributed by atoms with Crippen LogP contribution in [-0.2, 0) is 28.0 Å². The predicted octanol–water partition coefficient (Wildman–Crippen LogP) is 5.30. The molecule has 4 heterocycles. The van der Waals surface area contributed by atoms with Crippen LogP contribution in [0.2, 0.25) is 5.02 Å². The molecular formula is C38H42Cl2N6O3. The van der Waals surface area contributed by atoms with Crippen molar-refractivity contribution in [2.75, 3.05) is 20.2 Å². The molecule has 256 valence electrons. The molecule has 2 saturated heterocycles. The summed E-state index contributed by atoms with van der Waals surface area (Å²) in [5, 5.41) is 13.3. The van der Waals surface area contributed by atoms with E-state index in [-0.39, 0.29) is 29.9 Å². The molecule has 1 aromatic carbocycles. The summed E-state index contributed by atoms with van der Waals surface area (Å²) in [4.78, 5) is 33.9. The van der Waals surface area contributed by atoms with Crippen molar-refractivity contribution >= 4 is 40.6 Å². The molecule has 0 radical (unpaired) electrons. The summed E-state index contributed by atoms with van der Waals surface area (Å²) in [6.45, 7) is 1.94. The van der Waals surface area contributed by atoms with E-state index in [1.54, 1.807) is 7.11 Å². The minimum absolute atomic E-state index is 0.101. The number of benzene rings is 1. The normalized spacial score (nSPS) is 26.2. The zero-order valence-corrected chi connectivity index (χ0v) is 29.1. The van der Waals surface area contributed by atoms with Gasteiger partial charge in [-0.05, 0) is 67.0 Å². The molecule has 9 nitrogen and oxygen atoms in total. The van der Waals surface area contributed by atoms with Crippen LogP contribution in [0.5, 0.6) is 5.88 Å². The van der Waals surface area contributed by atoms with Crippen LogP contribution in [0.4, 0.5) is 0 Å². The number of nitrogens with one attached hydrogen (secondary N) is 4. The maximum Gasteiger partial charge on any atom is 0.220 e. The number of amides is 2. The third-order valence-electron chi connectivity index (χ3n) is 10.3. The molecule has 0 bridgehead atoms. The van der Waals surface area contributed by atoms with E-state index in [2.05, 4.69) is 39.5 Å². The number of fused-ring (bicyclic) bond motifs is 1. The molecule has 2 fully saturated rings. The number of carbonyl (C=O) groups excluding carboxylic acids is 2. The maximum atomic E-state index is 11.8. The number of aryl methyl sites for hydroxylation is 1. The molecule has 4 N–H and O–H groups in total. The smallest absolute Gasteiger partial charge is 0.220 e. The van der Waals surface area contributed by atoms with E-state index in [0.29, 0.717) is 36.8 Å². The minimum Gasteiger partial charge on any atom is -0.481 e. The molecule has 2 unspecified atom stereocenters. The van der Waals surface area contributed by atoms with Crippen LogP contribution in [0.1, 0.15) is 78.3 Å². The molecule has 2 aliphatic heterocycles. The first-order valence-electron chi connectivity index (χ1n) is 17.2. The predicted molar refractivity (Wildman–Crippen MR) is 192 cm³/mol. The maximum absolute atomic E-state index is 11.8. The van der Waals surface area contributed by atoms with Gasteiger partial charge in [0.1, 0.15) is 0 Å². The summed E-state index contributed by atoms with van der Waals surface area (Å²) in [6.07, 6.45) is 11.9. The Morgan fingerprint density at radius 3 is 2.39 bits per heavy atom. The van der Waals surface area contributed by atoms with Crippen LogP contribution in [0.15, 0.2) is 66.8 Å². The first kappa shape index (κ1) is 33.7. The van der Waals surface area contributed by atoms with Crippen molar-refractivity contribution in [1.29, 1.82) is 0 Å². The van der Waals surface area contributed by atoms with Gasteiger partial charge in [0.15, 0.2) is 0 Å². The first-order valence-corrected chi connectivity index (χ1v) is 18.0. The number of pyridine rings is 2. The molecule has 5 atom stereocenters. The van der Waals surface area contributed by atoms with E-state index in [1.165, 1.54) is 5.56 Å². The van der Waals surface area contributed by atoms with E-state index in [9.17, 15) is 9.59 Å². The number of rotatable bonds is 11. The number of halogens is 2. The number of aromatic nitrogens is 2. The number of carbonyl (C=O) groups is 2. The van der Waals surface area contributed by atoms with E-state index in [4.69, 9.17) is 37.9 Å². The molecule has 4 aliphatic rings. The number of hydrogen-bond donors (Lipinski definition) is 4. The standard InChI is InChI=1S/C38H42Cl2N6O3/c1-49-37-23(20-41-21-24-12-17-34(47)43-24)11-15-33(46-37)38(19-5-7-27(36(38)40)26-6-2-3-8-29(26)39)32-16-14-28-30(9-4-10-31(28)45-32)42-22-25-13-18-35(48)44-25/h2-3,5-8,11,14-16,19,24-25,30,36,41-42H,4,9-10,12-13,17-18,20-22H2,1H3,(H,43,47)(H,44,48)/t24-,25+,30-,36?,38?/m0/s1. The van der Waals surface area contributed by atoms with Crippen molar-refractivity contribution in [3.8, 4) is 5.88 Å². The molecule has 2 aromatic heterocycles. The molecule has 2 amide bonds. The highest BCUT2D eigenvalue weighted by atomic mass is 35.5. The SMILES string of the molecule is COc1nc(C2(c3ccc4c(n3)CCC[C@@H]4NC[C@H]3CCC(=O)N3)C=CC=C(c3ccccc3Cl)C2Cl)ccc1CNC[C@@H]1CCC(=O)N1. The summed E-state index contributed by atoms with van der Waals surface area (Å²) in [6, 6.07) is 16.5. The number of ether oxygens (including phenoxy) is 1. The summed E-state index contributed by atoms with van der Waals surface area (Å²) in [5.41, 5.74) is 5.50. The molecular weight excluding hydrogens is 659 g/mol. The van der Waals surface area contributed by atoms with Gasteiger partial charge >= 0.3 is 0 Å². The van der Waals surface area contributed by atoms with E-state index < -0.39 is 10.8 Å². The summed E-state index contributed by atoms with van der Waals surface area (Å²) in [7, 11) is 1.63. The van der Waals surface area contributed by atoms with Gasteiger partial charge in [0.05, 0.1) is 29.3 Å². The summed E-state index contributed by atoms with van der Waals surface area (Å²) >= 11 is 14.4. The van der Waals surface area contributed by atoms with Crippen LogP contribution in [0.3, 0.4) is 0 Å². The first-order chi connectivity index (χ1) is 23.9. The summed E-state index contributed by atoms with van der Waals surface area (Å²) in [5.74, 6) is 0.735. The Hall–Kier alpha value is -3.76. The zero-order valence-electron chi connectivity index (χ0n) is 27.6. The highest BCUT2D eigenvalue weighted by Crippen LogP contribution is 2.48. The van der Waals surface area contributed by atoms with Gasteiger partial charge in [-0.1, -0.05) is 60.2 Å². The van der Waals surface area contributed by atoms with Crippen molar-refractivity contribution < 1.29 is 14.3 Å². The third-order valence-corrected chi connectivity index (χ3v) is 11.2. The third kappa shape index (κ3) is 6.86. The molecule has 2 aliphatic carbocycles. The van der Waals surface area contributed by atoms with Crippen molar-refractivity contribution in [3.05, 3.63) is 106 Å². The fraction of sp³-hybridized carbons (Fsp3) is 0.421. The minimum atomic E-state index is -0.929. The van der Waals surface area contributed by atoms with Gasteiger partial charge in [0.25, 0.3) is 0 Å². The van der Waals surface area contributed by atoms with E-state index >= 15 is 0 Å². The molecule has 11 heteroatoms. The van der Waals surface area contributed by atoms with Gasteiger partial charge in [0.2, 0.25) is 17.7 Å². The van der Waals surface area contributed by atoms with Crippen molar-refractivity contribution in [1.82, 2.24) is 31.2 Å². The number of hydrogen-bond acceptors (Lipinski definition) is 7. The van der Waals surface area contributed by atoms with Crippen LogP contribution in [0.25, 0.3) is 5.57 Å². The van der Waals surface area contributed by atoms with Gasteiger partial charge in [-0.2, -0.15) is 0 Å². The largest absolute Gasteiger partial charge is 0.481 e. The van der Waals surface area contributed by atoms with E-state index in [1.807, 2.05) is 48.6 Å². The highest BCUT2D eigenvalue weighted by Gasteiger charge is 2.46. The average Bonchev–Trinajstić information content (AvgIpc) is 3.74. The van der Waals surface area contributed by atoms with Gasteiger partial charge in [-0.3, -0.25) is 14.6 Å². The van der Waals surface area contributed by atoms with Crippen LogP contribution >= 0.6 is 23.2 Å². The van der Waals surface area contributed by atoms with Crippen molar-refractivity contribution in [2.45, 2.75) is 80.4 Å². The van der Waals surface area contributed by atoms with Crippen LogP contribution in [-0.4, -0.2) is 59.4 Å². The Bertz CT molecular complexity index is 1800. The fourth-order valence-corrected chi connectivity index (χ4v) is 8.37. The highest BCUT2D eigenvalue weighted by molar-refractivity contribution is 6.34. The Kier molecular flexibility index (Phi) is 10.1. The second-order valence-electron chi connectivity index (χ2n) is 13.4. The summed E-state index contributed by atoms with van der Waals surface area (Å²) < 4.78 is 5.86. The molecule has 49 heavy (non-hydrogen) atoms. The Balaban J connectivity index is 1.23. The molecule has 0 spiro atoms. The Labute approximate surface area is 297 Å². The number of nitrogens with zero attached hydrogens (tertiary/aromatic N) is 2. The van der Waals surface area contributed by atoms with Gasteiger partial charge in [0, 0.05) is 66.9 Å². The molecule has 3 aromatic rings.